The number of ether oxygens (including phenoxy) is 1. The summed E-state index contributed by atoms with van der Waals surface area (Å²) in [4.78, 5) is 27.2. The molecular weight excluding hydrogens is 474 g/mol. The fourth-order valence-corrected chi connectivity index (χ4v) is 4.79. The van der Waals surface area contributed by atoms with E-state index in [0.29, 0.717) is 26.6 Å². The second kappa shape index (κ2) is 8.93. The maximum Gasteiger partial charge on any atom is 0.354 e. The summed E-state index contributed by atoms with van der Waals surface area (Å²) in [5, 5.41) is 12.1. The number of hydrogen-bond donors (Lipinski definition) is 1. The Bertz CT molecular complexity index is 1640. The molecule has 0 spiro atoms. The lowest BCUT2D eigenvalue weighted by molar-refractivity contribution is 0.415. The largest absolute Gasteiger partial charge is 0.505 e. The van der Waals surface area contributed by atoms with E-state index in [1.807, 2.05) is 30.3 Å². The van der Waals surface area contributed by atoms with Gasteiger partial charge in [-0.15, -0.1) is 0 Å². The van der Waals surface area contributed by atoms with Gasteiger partial charge in [-0.2, -0.15) is 0 Å². The normalized spacial score (nSPS) is 11.2. The average Bonchev–Trinajstić information content (AvgIpc) is 2.85. The molecule has 5 rings (SSSR count). The Hall–Kier alpha value is -3.68. The van der Waals surface area contributed by atoms with Crippen LogP contribution in [0.5, 0.6) is 11.5 Å². The minimum absolute atomic E-state index is 0.0370. The maximum atomic E-state index is 13.7. The highest BCUT2D eigenvalue weighted by molar-refractivity contribution is 7.99. The van der Waals surface area contributed by atoms with Crippen LogP contribution in [0, 0.1) is 0 Å². The molecule has 170 valence electrons. The molecule has 34 heavy (non-hydrogen) atoms. The van der Waals surface area contributed by atoms with Crippen LogP contribution in [0.4, 0.5) is 0 Å². The third-order valence-electron chi connectivity index (χ3n) is 5.48. The molecule has 2 aromatic heterocycles. The maximum absolute atomic E-state index is 13.7. The number of pyridine rings is 1. The number of aromatic hydroxyl groups is 1. The summed E-state index contributed by atoms with van der Waals surface area (Å²) >= 11 is 6.96. The Morgan fingerprint density at radius 2 is 1.76 bits per heavy atom. The van der Waals surface area contributed by atoms with Crippen molar-refractivity contribution >= 4 is 45.2 Å². The van der Waals surface area contributed by atoms with E-state index in [1.54, 1.807) is 47.0 Å². The monoisotopic (exact) mass is 491 g/mol. The second-order valence-electron chi connectivity index (χ2n) is 7.59. The van der Waals surface area contributed by atoms with E-state index in [9.17, 15) is 14.7 Å². The minimum atomic E-state index is -0.734. The van der Waals surface area contributed by atoms with E-state index < -0.39 is 16.9 Å². The minimum Gasteiger partial charge on any atom is -0.505 e. The molecule has 8 heteroatoms. The first-order valence-corrected chi connectivity index (χ1v) is 11.5. The van der Waals surface area contributed by atoms with E-state index in [-0.39, 0.29) is 22.4 Å². The van der Waals surface area contributed by atoms with E-state index in [1.165, 1.54) is 7.11 Å². The Kier molecular flexibility index (Phi) is 5.81. The summed E-state index contributed by atoms with van der Waals surface area (Å²) in [6, 6.07) is 21.4. The van der Waals surface area contributed by atoms with E-state index in [0.717, 1.165) is 17.3 Å². The topological polar surface area (TPSA) is 81.7 Å². The predicted octanol–water partition coefficient (Wildman–Crippen LogP) is 5.68. The predicted molar refractivity (Wildman–Crippen MR) is 134 cm³/mol. The first kappa shape index (κ1) is 22.1. The van der Waals surface area contributed by atoms with Crippen LogP contribution in [-0.2, 0) is 6.54 Å². The van der Waals surface area contributed by atoms with Crippen LogP contribution in [0.3, 0.4) is 0 Å². The van der Waals surface area contributed by atoms with Crippen molar-refractivity contribution in [1.29, 1.82) is 0 Å². The first-order valence-electron chi connectivity index (χ1n) is 10.3. The van der Waals surface area contributed by atoms with Gasteiger partial charge in [-0.25, -0.2) is 4.79 Å². The Morgan fingerprint density at radius 3 is 2.47 bits per heavy atom. The Morgan fingerprint density at radius 1 is 1.03 bits per heavy atom. The van der Waals surface area contributed by atoms with Crippen molar-refractivity contribution in [2.45, 2.75) is 16.3 Å². The molecule has 5 aromatic rings. The van der Waals surface area contributed by atoms with Gasteiger partial charge < -0.3 is 18.8 Å². The number of aromatic nitrogens is 1. The standard InChI is InChI=1S/C26H18ClNO5S/c1-32-17-9-12-19-20(13-17)28(14-15-5-3-2-4-6-15)25(30)21-22(29)24(26(31)33-23(19)21)34-18-10-7-16(27)8-11-18/h2-13,29H,14H2,1H3. The van der Waals surface area contributed by atoms with Crippen LogP contribution in [0.2, 0.25) is 5.02 Å². The number of halogens is 1. The molecule has 3 aromatic carbocycles. The lowest BCUT2D eigenvalue weighted by Gasteiger charge is -2.15. The molecular formula is C26H18ClNO5S. The number of benzene rings is 3. The first-order chi connectivity index (χ1) is 16.5. The van der Waals surface area contributed by atoms with Gasteiger partial charge in [0.05, 0.1) is 19.2 Å². The SMILES string of the molecule is COc1ccc2c3oc(=O)c(Sc4ccc(Cl)cc4)c(O)c3c(=O)n(Cc3ccccc3)c2c1. The molecule has 0 atom stereocenters. The summed E-state index contributed by atoms with van der Waals surface area (Å²) in [6.45, 7) is 0.261. The molecule has 0 saturated heterocycles. The highest BCUT2D eigenvalue weighted by Gasteiger charge is 2.22. The van der Waals surface area contributed by atoms with E-state index >= 15 is 0 Å². The van der Waals surface area contributed by atoms with Crippen LogP contribution in [0.15, 0.2) is 96.6 Å². The van der Waals surface area contributed by atoms with Crippen molar-refractivity contribution in [1.82, 2.24) is 4.57 Å². The molecule has 6 nitrogen and oxygen atoms in total. The van der Waals surface area contributed by atoms with Gasteiger partial charge >= 0.3 is 5.63 Å². The molecule has 0 fully saturated rings. The molecule has 1 N–H and O–H groups in total. The third-order valence-corrected chi connectivity index (χ3v) is 6.80. The Balaban J connectivity index is 1.80. The smallest absolute Gasteiger partial charge is 0.354 e. The van der Waals surface area contributed by atoms with Crippen molar-refractivity contribution in [2.75, 3.05) is 7.11 Å². The van der Waals surface area contributed by atoms with E-state index in [4.69, 9.17) is 20.8 Å². The third kappa shape index (κ3) is 3.93. The number of nitrogens with zero attached hydrogens (tertiary/aromatic N) is 1. The lowest BCUT2D eigenvalue weighted by Crippen LogP contribution is -2.23. The van der Waals surface area contributed by atoms with Gasteiger partial charge in [-0.05, 0) is 42.0 Å². The molecule has 2 heterocycles. The molecule has 0 aliphatic rings. The van der Waals surface area contributed by atoms with Crippen LogP contribution in [0.1, 0.15) is 5.56 Å². The average molecular weight is 492 g/mol. The highest BCUT2D eigenvalue weighted by atomic mass is 35.5. The van der Waals surface area contributed by atoms with Gasteiger partial charge in [0, 0.05) is 21.4 Å². The molecule has 0 bridgehead atoms. The summed E-state index contributed by atoms with van der Waals surface area (Å²) in [5.41, 5.74) is 0.262. The van der Waals surface area contributed by atoms with Crippen LogP contribution in [-0.4, -0.2) is 16.8 Å². The highest BCUT2D eigenvalue weighted by Crippen LogP contribution is 2.38. The fraction of sp³-hybridized carbons (Fsp3) is 0.0769. The lowest BCUT2D eigenvalue weighted by atomic mass is 10.1. The van der Waals surface area contributed by atoms with Gasteiger partial charge in [-0.3, -0.25) is 4.79 Å². The van der Waals surface area contributed by atoms with Crippen LogP contribution < -0.4 is 15.9 Å². The number of methoxy groups -OCH3 is 1. The van der Waals surface area contributed by atoms with Gasteiger partial charge in [0.15, 0.2) is 11.3 Å². The molecule has 0 radical (unpaired) electrons. The van der Waals surface area contributed by atoms with Gasteiger partial charge in [0.1, 0.15) is 16.0 Å². The fourth-order valence-electron chi connectivity index (χ4n) is 3.83. The molecule has 0 aliphatic heterocycles. The van der Waals surface area contributed by atoms with Crippen molar-refractivity contribution in [2.24, 2.45) is 0 Å². The van der Waals surface area contributed by atoms with Gasteiger partial charge in [0.2, 0.25) is 0 Å². The quantitative estimate of drug-likeness (QED) is 0.319. The summed E-state index contributed by atoms with van der Waals surface area (Å²) < 4.78 is 12.5. The number of hydrogen-bond acceptors (Lipinski definition) is 6. The van der Waals surface area contributed by atoms with Crippen molar-refractivity contribution in [3.63, 3.8) is 0 Å². The van der Waals surface area contributed by atoms with Crippen LogP contribution in [0.25, 0.3) is 21.9 Å². The second-order valence-corrected chi connectivity index (χ2v) is 9.11. The van der Waals surface area contributed by atoms with Crippen LogP contribution >= 0.6 is 23.4 Å². The molecule has 0 aliphatic carbocycles. The van der Waals surface area contributed by atoms with Crippen molar-refractivity contribution < 1.29 is 14.3 Å². The van der Waals surface area contributed by atoms with Crippen molar-refractivity contribution in [3.05, 3.63) is 104 Å². The molecule has 0 unspecified atom stereocenters. The van der Waals surface area contributed by atoms with Crippen molar-refractivity contribution in [3.8, 4) is 11.5 Å². The zero-order valence-electron chi connectivity index (χ0n) is 17.9. The van der Waals surface area contributed by atoms with Gasteiger partial charge in [-0.1, -0.05) is 53.7 Å². The molecule has 0 amide bonds. The number of fused-ring (bicyclic) bond motifs is 3. The summed E-state index contributed by atoms with van der Waals surface area (Å²) in [6.07, 6.45) is 0. The zero-order valence-corrected chi connectivity index (χ0v) is 19.5. The van der Waals surface area contributed by atoms with Gasteiger partial charge in [0.25, 0.3) is 5.56 Å². The molecule has 0 saturated carbocycles. The summed E-state index contributed by atoms with van der Waals surface area (Å²) in [7, 11) is 1.54. The number of rotatable bonds is 5. The summed E-state index contributed by atoms with van der Waals surface area (Å²) in [5.74, 6) is 0.144. The van der Waals surface area contributed by atoms with E-state index in [2.05, 4.69) is 0 Å². The Labute approximate surface area is 203 Å². The zero-order chi connectivity index (χ0) is 23.8.